The monoisotopic (exact) mass is 338 g/mol. The summed E-state index contributed by atoms with van der Waals surface area (Å²) in [6, 6.07) is 5.42. The summed E-state index contributed by atoms with van der Waals surface area (Å²) in [5.41, 5.74) is 0.934. The molecule has 1 heterocycles. The first-order valence-electron chi connectivity index (χ1n) is 7.48. The Labute approximate surface area is 140 Å². The molecule has 0 spiro atoms. The fourth-order valence-electron chi connectivity index (χ4n) is 2.38. The van der Waals surface area contributed by atoms with E-state index in [1.165, 1.54) is 11.8 Å². The molecule has 0 aromatic heterocycles. The van der Waals surface area contributed by atoms with Gasteiger partial charge in [-0.2, -0.15) is 0 Å². The lowest BCUT2D eigenvalue weighted by Gasteiger charge is -2.18. The van der Waals surface area contributed by atoms with Crippen LogP contribution in [0, 0.1) is 0 Å². The van der Waals surface area contributed by atoms with Gasteiger partial charge in [-0.15, -0.1) is 0 Å². The molecular weight excluding hydrogens is 316 g/mol. The van der Waals surface area contributed by atoms with E-state index in [-0.39, 0.29) is 17.2 Å². The molecule has 6 nitrogen and oxygen atoms in total. The van der Waals surface area contributed by atoms with Crippen LogP contribution in [-0.4, -0.2) is 49.1 Å². The maximum Gasteiger partial charge on any atom is 0.281 e. The first kappa shape index (κ1) is 17.5. The molecule has 126 valence electrons. The van der Waals surface area contributed by atoms with Crippen LogP contribution in [0.1, 0.15) is 24.9 Å². The topological polar surface area (TPSA) is 67.9 Å². The van der Waals surface area contributed by atoms with Gasteiger partial charge >= 0.3 is 0 Å². The van der Waals surface area contributed by atoms with Crippen LogP contribution in [0.15, 0.2) is 18.2 Å². The summed E-state index contributed by atoms with van der Waals surface area (Å²) < 4.78 is 10.5. The molecular formula is C16H22N2O4S. The predicted molar refractivity (Wildman–Crippen MR) is 90.1 cm³/mol. The molecule has 1 N–H and O–H groups in total. The minimum Gasteiger partial charge on any atom is -0.493 e. The number of thioether (sulfide) groups is 1. The van der Waals surface area contributed by atoms with Crippen molar-refractivity contribution in [3.63, 3.8) is 0 Å². The molecule has 1 aliphatic heterocycles. The Morgan fingerprint density at radius 1 is 1.35 bits per heavy atom. The molecule has 23 heavy (non-hydrogen) atoms. The summed E-state index contributed by atoms with van der Waals surface area (Å²) in [6.45, 7) is 3.11. The largest absolute Gasteiger partial charge is 0.493 e. The summed E-state index contributed by atoms with van der Waals surface area (Å²) in [5, 5.41) is 3.00. The smallest absolute Gasteiger partial charge is 0.281 e. The molecule has 2 amide bonds. The highest BCUT2D eigenvalue weighted by Gasteiger charge is 2.21. The highest BCUT2D eigenvalue weighted by molar-refractivity contribution is 8.13. The normalized spacial score (nSPS) is 15.4. The van der Waals surface area contributed by atoms with Crippen LogP contribution in [-0.2, 0) is 4.79 Å². The van der Waals surface area contributed by atoms with Crippen molar-refractivity contribution in [3.8, 4) is 11.5 Å². The second-order valence-electron chi connectivity index (χ2n) is 5.26. The lowest BCUT2D eigenvalue weighted by atomic mass is 10.1. The van der Waals surface area contributed by atoms with E-state index in [4.69, 9.17) is 9.47 Å². The standard InChI is InChI=1S/C16H22N2O4S/c1-11(12-4-5-13(21-2)14(10-12)22-3)17-15(19)6-7-18-8-9-23-16(18)20/h4-5,10-11H,6-9H2,1-3H3,(H,17,19). The van der Waals surface area contributed by atoms with E-state index in [0.29, 0.717) is 24.5 Å². The minimum absolute atomic E-state index is 0.0609. The van der Waals surface area contributed by atoms with Crippen LogP contribution in [0.4, 0.5) is 4.79 Å². The summed E-state index contributed by atoms with van der Waals surface area (Å²) in [5.74, 6) is 2.02. The zero-order valence-corrected chi connectivity index (χ0v) is 14.4. The molecule has 2 rings (SSSR count). The van der Waals surface area contributed by atoms with Gasteiger partial charge in [0.05, 0.1) is 20.3 Å². The van der Waals surface area contributed by atoms with E-state index in [9.17, 15) is 9.59 Å². The first-order valence-corrected chi connectivity index (χ1v) is 8.46. The molecule has 1 aromatic carbocycles. The zero-order valence-electron chi connectivity index (χ0n) is 13.6. The Morgan fingerprint density at radius 3 is 2.70 bits per heavy atom. The Morgan fingerprint density at radius 2 is 2.09 bits per heavy atom. The summed E-state index contributed by atoms with van der Waals surface area (Å²) in [7, 11) is 3.16. The van der Waals surface area contributed by atoms with E-state index in [2.05, 4.69) is 5.32 Å². The van der Waals surface area contributed by atoms with Gasteiger partial charge in [0, 0.05) is 25.3 Å². The lowest BCUT2D eigenvalue weighted by Crippen LogP contribution is -2.32. The second-order valence-corrected chi connectivity index (χ2v) is 6.30. The molecule has 1 saturated heterocycles. The van der Waals surface area contributed by atoms with E-state index >= 15 is 0 Å². The van der Waals surface area contributed by atoms with E-state index in [1.54, 1.807) is 19.1 Å². The molecule has 1 aromatic rings. The van der Waals surface area contributed by atoms with Crippen LogP contribution in [0.5, 0.6) is 11.5 Å². The van der Waals surface area contributed by atoms with Crippen molar-refractivity contribution in [3.05, 3.63) is 23.8 Å². The Balaban J connectivity index is 1.89. The third kappa shape index (κ3) is 4.54. The molecule has 0 aliphatic carbocycles. The number of nitrogens with zero attached hydrogens (tertiary/aromatic N) is 1. The number of rotatable bonds is 7. The van der Waals surface area contributed by atoms with Crippen molar-refractivity contribution in [2.75, 3.05) is 33.1 Å². The highest BCUT2D eigenvalue weighted by Crippen LogP contribution is 2.29. The Hall–Kier alpha value is -1.89. The Bertz CT molecular complexity index is 579. The van der Waals surface area contributed by atoms with Gasteiger partial charge in [-0.25, -0.2) is 0 Å². The van der Waals surface area contributed by atoms with Crippen molar-refractivity contribution in [1.29, 1.82) is 0 Å². The minimum atomic E-state index is -0.147. The van der Waals surface area contributed by atoms with Crippen LogP contribution in [0.3, 0.4) is 0 Å². The number of carbonyl (C=O) groups is 2. The van der Waals surface area contributed by atoms with Crippen molar-refractivity contribution in [2.24, 2.45) is 0 Å². The van der Waals surface area contributed by atoms with Crippen LogP contribution in [0.2, 0.25) is 0 Å². The van der Waals surface area contributed by atoms with Gasteiger partial charge in [-0.05, 0) is 24.6 Å². The van der Waals surface area contributed by atoms with Crippen molar-refractivity contribution >= 4 is 22.9 Å². The number of nitrogens with one attached hydrogen (secondary N) is 1. The van der Waals surface area contributed by atoms with Crippen molar-refractivity contribution in [2.45, 2.75) is 19.4 Å². The maximum absolute atomic E-state index is 12.1. The van der Waals surface area contributed by atoms with Gasteiger partial charge in [0.1, 0.15) is 0 Å². The number of methoxy groups -OCH3 is 2. The molecule has 0 radical (unpaired) electrons. The third-order valence-electron chi connectivity index (χ3n) is 3.74. The predicted octanol–water partition coefficient (Wildman–Crippen LogP) is 2.44. The molecule has 7 heteroatoms. The highest BCUT2D eigenvalue weighted by atomic mass is 32.2. The average molecular weight is 338 g/mol. The molecule has 1 fully saturated rings. The van der Waals surface area contributed by atoms with E-state index < -0.39 is 0 Å². The number of amides is 2. The number of carbonyl (C=O) groups excluding carboxylic acids is 2. The third-order valence-corrected chi connectivity index (χ3v) is 4.63. The molecule has 0 bridgehead atoms. The summed E-state index contributed by atoms with van der Waals surface area (Å²) >= 11 is 1.30. The number of hydrogen-bond donors (Lipinski definition) is 1. The van der Waals surface area contributed by atoms with Gasteiger partial charge in [-0.3, -0.25) is 9.59 Å². The molecule has 1 aliphatic rings. The van der Waals surface area contributed by atoms with Crippen LogP contribution >= 0.6 is 11.8 Å². The maximum atomic E-state index is 12.1. The van der Waals surface area contributed by atoms with E-state index in [0.717, 1.165) is 17.9 Å². The van der Waals surface area contributed by atoms with Crippen molar-refractivity contribution < 1.29 is 19.1 Å². The summed E-state index contributed by atoms with van der Waals surface area (Å²) in [6.07, 6.45) is 0.309. The molecule has 1 unspecified atom stereocenters. The fraction of sp³-hybridized carbons (Fsp3) is 0.500. The second kappa shape index (κ2) is 8.10. The molecule has 1 atom stereocenters. The number of hydrogen-bond acceptors (Lipinski definition) is 5. The summed E-state index contributed by atoms with van der Waals surface area (Å²) in [4.78, 5) is 25.3. The fourth-order valence-corrected chi connectivity index (χ4v) is 3.24. The van der Waals surface area contributed by atoms with Crippen molar-refractivity contribution in [1.82, 2.24) is 10.2 Å². The quantitative estimate of drug-likeness (QED) is 0.827. The van der Waals surface area contributed by atoms with Gasteiger partial charge in [0.15, 0.2) is 11.5 Å². The van der Waals surface area contributed by atoms with Crippen LogP contribution < -0.4 is 14.8 Å². The van der Waals surface area contributed by atoms with Gasteiger partial charge in [0.25, 0.3) is 5.24 Å². The van der Waals surface area contributed by atoms with Gasteiger partial charge < -0.3 is 19.7 Å². The average Bonchev–Trinajstić information content (AvgIpc) is 2.97. The van der Waals surface area contributed by atoms with Gasteiger partial charge in [-0.1, -0.05) is 17.8 Å². The molecule has 0 saturated carbocycles. The number of ether oxygens (including phenoxy) is 2. The van der Waals surface area contributed by atoms with Crippen LogP contribution in [0.25, 0.3) is 0 Å². The Kier molecular flexibility index (Phi) is 6.15. The van der Waals surface area contributed by atoms with E-state index in [1.807, 2.05) is 25.1 Å². The van der Waals surface area contributed by atoms with Gasteiger partial charge in [0.2, 0.25) is 5.91 Å². The lowest BCUT2D eigenvalue weighted by molar-refractivity contribution is -0.121. The first-order chi connectivity index (χ1) is 11.0. The SMILES string of the molecule is COc1ccc(C(C)NC(=O)CCN2CCSC2=O)cc1OC. The number of benzene rings is 1. The zero-order chi connectivity index (χ0) is 16.8.